The Kier molecular flexibility index (Phi) is 2.67. The molecule has 1 aromatic rings. The van der Waals surface area contributed by atoms with E-state index in [1.165, 1.54) is 4.68 Å². The fraction of sp³-hybridized carbons (Fsp3) is 0.750. The molecule has 0 N–H and O–H groups in total. The van der Waals surface area contributed by atoms with Gasteiger partial charge in [-0.2, -0.15) is 0 Å². The summed E-state index contributed by atoms with van der Waals surface area (Å²) in [6, 6.07) is 0. The first-order valence-corrected chi connectivity index (χ1v) is 5.02. The molecule has 78 valence electrons. The van der Waals surface area contributed by atoms with E-state index in [1.54, 1.807) is 0 Å². The van der Waals surface area contributed by atoms with Crippen molar-refractivity contribution in [3.8, 4) is 0 Å². The van der Waals surface area contributed by atoms with E-state index < -0.39 is 6.43 Å². The van der Waals surface area contributed by atoms with Gasteiger partial charge in [0.2, 0.25) is 0 Å². The van der Waals surface area contributed by atoms with Crippen LogP contribution >= 0.6 is 11.6 Å². The van der Waals surface area contributed by atoms with E-state index in [0.717, 1.165) is 12.8 Å². The molecule has 0 spiro atoms. The number of aromatic nitrogens is 3. The minimum atomic E-state index is -2.54. The number of hydrogen-bond acceptors (Lipinski definition) is 2. The van der Waals surface area contributed by atoms with Gasteiger partial charge in [0.15, 0.2) is 0 Å². The number of alkyl halides is 3. The monoisotopic (exact) mass is 221 g/mol. The van der Waals surface area contributed by atoms with Crippen molar-refractivity contribution >= 4 is 11.6 Å². The average molecular weight is 222 g/mol. The maximum Gasteiger partial charge on any atom is 0.281 e. The van der Waals surface area contributed by atoms with Crippen LogP contribution in [-0.2, 0) is 12.4 Å². The molecular formula is C8H10ClF2N3. The number of nitrogens with zero attached hydrogens (tertiary/aromatic N) is 3. The van der Waals surface area contributed by atoms with Gasteiger partial charge >= 0.3 is 0 Å². The molecule has 1 fully saturated rings. The largest absolute Gasteiger partial charge is 0.281 e. The van der Waals surface area contributed by atoms with Gasteiger partial charge in [0.1, 0.15) is 11.4 Å². The number of hydrogen-bond donors (Lipinski definition) is 0. The summed E-state index contributed by atoms with van der Waals surface area (Å²) in [7, 11) is 0. The zero-order chi connectivity index (χ0) is 10.1. The minimum Gasteiger partial charge on any atom is -0.243 e. The molecule has 0 aliphatic heterocycles. The van der Waals surface area contributed by atoms with Crippen molar-refractivity contribution in [1.82, 2.24) is 15.0 Å². The number of rotatable bonds is 4. The van der Waals surface area contributed by atoms with Crippen molar-refractivity contribution < 1.29 is 8.78 Å². The Bertz CT molecular complexity index is 322. The zero-order valence-corrected chi connectivity index (χ0v) is 8.21. The molecule has 0 amide bonds. The lowest BCUT2D eigenvalue weighted by molar-refractivity contribution is 0.137. The van der Waals surface area contributed by atoms with Crippen molar-refractivity contribution in [1.29, 1.82) is 0 Å². The van der Waals surface area contributed by atoms with Crippen molar-refractivity contribution in [2.24, 2.45) is 5.92 Å². The highest BCUT2D eigenvalue weighted by Crippen LogP contribution is 2.32. The highest BCUT2D eigenvalue weighted by atomic mass is 35.5. The third kappa shape index (κ3) is 1.87. The Balaban J connectivity index is 2.23. The van der Waals surface area contributed by atoms with Gasteiger partial charge in [-0.1, -0.05) is 5.21 Å². The maximum absolute atomic E-state index is 12.6. The summed E-state index contributed by atoms with van der Waals surface area (Å²) in [5, 5.41) is 7.33. The summed E-state index contributed by atoms with van der Waals surface area (Å²) in [6.07, 6.45) is -0.352. The van der Waals surface area contributed by atoms with E-state index in [0.29, 0.717) is 12.5 Å². The molecule has 0 radical (unpaired) electrons. The Morgan fingerprint density at radius 2 is 2.21 bits per heavy atom. The van der Waals surface area contributed by atoms with Crippen LogP contribution in [0.4, 0.5) is 8.78 Å². The molecule has 1 aliphatic carbocycles. The number of halogens is 3. The lowest BCUT2D eigenvalue weighted by Gasteiger charge is -2.04. The van der Waals surface area contributed by atoms with Gasteiger partial charge in [0.05, 0.1) is 5.88 Å². The topological polar surface area (TPSA) is 30.7 Å². The Hall–Kier alpha value is -0.710. The van der Waals surface area contributed by atoms with Crippen LogP contribution in [0.2, 0.25) is 0 Å². The van der Waals surface area contributed by atoms with Crippen LogP contribution in [0, 0.1) is 5.92 Å². The molecule has 0 aromatic carbocycles. The van der Waals surface area contributed by atoms with Crippen molar-refractivity contribution in [2.45, 2.75) is 31.7 Å². The average Bonchev–Trinajstić information content (AvgIpc) is 2.83. The molecule has 0 saturated heterocycles. The highest BCUT2D eigenvalue weighted by Gasteiger charge is 2.27. The quantitative estimate of drug-likeness (QED) is 0.731. The van der Waals surface area contributed by atoms with Crippen LogP contribution in [-0.4, -0.2) is 15.0 Å². The smallest absolute Gasteiger partial charge is 0.243 e. The Morgan fingerprint density at radius 1 is 1.50 bits per heavy atom. The van der Waals surface area contributed by atoms with E-state index in [1.807, 2.05) is 0 Å². The first kappa shape index (κ1) is 9.83. The normalized spacial score (nSPS) is 16.6. The first-order chi connectivity index (χ1) is 6.72. The summed E-state index contributed by atoms with van der Waals surface area (Å²) in [5.74, 6) is 0.488. The molecule has 1 heterocycles. The fourth-order valence-corrected chi connectivity index (χ4v) is 1.56. The molecule has 0 unspecified atom stereocenters. The minimum absolute atomic E-state index is 0.00958. The van der Waals surface area contributed by atoms with Crippen LogP contribution in [0.3, 0.4) is 0 Å². The van der Waals surface area contributed by atoms with E-state index in [-0.39, 0.29) is 17.3 Å². The highest BCUT2D eigenvalue weighted by molar-refractivity contribution is 6.16. The lowest BCUT2D eigenvalue weighted by Crippen LogP contribution is -2.07. The molecule has 2 rings (SSSR count). The Labute approximate surface area is 85.0 Å². The molecule has 1 saturated carbocycles. The van der Waals surface area contributed by atoms with Crippen molar-refractivity contribution in [3.05, 3.63) is 11.4 Å². The van der Waals surface area contributed by atoms with Gasteiger partial charge < -0.3 is 0 Å². The van der Waals surface area contributed by atoms with Gasteiger partial charge in [0, 0.05) is 6.54 Å². The first-order valence-electron chi connectivity index (χ1n) is 4.48. The zero-order valence-electron chi connectivity index (χ0n) is 7.46. The van der Waals surface area contributed by atoms with Crippen LogP contribution in [0.15, 0.2) is 0 Å². The molecule has 0 atom stereocenters. The van der Waals surface area contributed by atoms with Crippen LogP contribution in [0.5, 0.6) is 0 Å². The predicted octanol–water partition coefficient (Wildman–Crippen LogP) is 2.36. The summed E-state index contributed by atoms with van der Waals surface area (Å²) in [6.45, 7) is 0.545. The van der Waals surface area contributed by atoms with E-state index in [2.05, 4.69) is 10.3 Å². The van der Waals surface area contributed by atoms with Gasteiger partial charge in [0.25, 0.3) is 6.43 Å². The maximum atomic E-state index is 12.6. The van der Waals surface area contributed by atoms with E-state index >= 15 is 0 Å². The van der Waals surface area contributed by atoms with Gasteiger partial charge in [-0.3, -0.25) is 0 Å². The second-order valence-corrected chi connectivity index (χ2v) is 3.75. The predicted molar refractivity (Wildman–Crippen MR) is 47.3 cm³/mol. The third-order valence-electron chi connectivity index (χ3n) is 2.31. The summed E-state index contributed by atoms with van der Waals surface area (Å²) in [5.41, 5.74) is 0.0780. The molecule has 6 heteroatoms. The van der Waals surface area contributed by atoms with Crippen molar-refractivity contribution in [3.63, 3.8) is 0 Å². The molecule has 14 heavy (non-hydrogen) atoms. The summed E-state index contributed by atoms with van der Waals surface area (Å²) >= 11 is 5.49. The van der Waals surface area contributed by atoms with Gasteiger partial charge in [-0.05, 0) is 18.8 Å². The summed E-state index contributed by atoms with van der Waals surface area (Å²) in [4.78, 5) is 0. The molecule has 0 bridgehead atoms. The molecule has 3 nitrogen and oxygen atoms in total. The van der Waals surface area contributed by atoms with Crippen LogP contribution in [0.1, 0.15) is 30.7 Å². The summed E-state index contributed by atoms with van der Waals surface area (Å²) < 4.78 is 26.5. The van der Waals surface area contributed by atoms with Crippen LogP contribution in [0.25, 0.3) is 0 Å². The molecular weight excluding hydrogens is 212 g/mol. The van der Waals surface area contributed by atoms with E-state index in [9.17, 15) is 8.78 Å². The van der Waals surface area contributed by atoms with Gasteiger partial charge in [-0.15, -0.1) is 16.7 Å². The molecule has 1 aromatic heterocycles. The van der Waals surface area contributed by atoms with Gasteiger partial charge in [-0.25, -0.2) is 13.5 Å². The second kappa shape index (κ2) is 3.81. The second-order valence-electron chi connectivity index (χ2n) is 3.48. The van der Waals surface area contributed by atoms with E-state index in [4.69, 9.17) is 11.6 Å². The fourth-order valence-electron chi connectivity index (χ4n) is 1.37. The van der Waals surface area contributed by atoms with Crippen LogP contribution < -0.4 is 0 Å². The standard InChI is InChI=1S/C8H10ClF2N3/c9-3-6-7(8(10)11)14(13-12-6)4-5-1-2-5/h5,8H,1-4H2. The lowest BCUT2D eigenvalue weighted by atomic mass is 10.3. The third-order valence-corrected chi connectivity index (χ3v) is 2.56. The molecule has 1 aliphatic rings. The van der Waals surface area contributed by atoms with Crippen molar-refractivity contribution in [2.75, 3.05) is 0 Å². The Morgan fingerprint density at radius 3 is 2.71 bits per heavy atom. The SMILES string of the molecule is FC(F)c1c(CCl)nnn1CC1CC1.